The number of fused-ring (bicyclic) bond motifs is 8. The monoisotopic (exact) mass is 887 g/mol. The Morgan fingerprint density at radius 3 is 2.23 bits per heavy atom. The van der Waals surface area contributed by atoms with Crippen LogP contribution in [0.1, 0.15) is 140 Å². The smallest absolute Gasteiger partial charge is 0.264 e. The second-order valence-electron chi connectivity index (χ2n) is 21.9. The van der Waals surface area contributed by atoms with Crippen LogP contribution >= 0.6 is 0 Å². The maximum absolute atomic E-state index is 14.5. The summed E-state index contributed by atoms with van der Waals surface area (Å²) in [6.07, 6.45) is 12.0. The first-order valence-corrected chi connectivity index (χ1v) is 24.4. The average Bonchev–Trinajstić information content (AvgIpc) is 3.51. The molecular weight excluding hydrogens is 813 g/mol. The summed E-state index contributed by atoms with van der Waals surface area (Å²) in [6, 6.07) is 3.94. The van der Waals surface area contributed by atoms with Crippen molar-refractivity contribution in [3.05, 3.63) is 41.0 Å². The van der Waals surface area contributed by atoms with E-state index in [0.717, 1.165) is 49.8 Å². The van der Waals surface area contributed by atoms with Crippen LogP contribution in [0.15, 0.2) is 29.8 Å². The van der Waals surface area contributed by atoms with Crippen molar-refractivity contribution in [3.63, 3.8) is 0 Å². The Labute approximate surface area is 379 Å². The summed E-state index contributed by atoms with van der Waals surface area (Å²) in [5.74, 6) is 0.363. The molecule has 2 heterocycles. The van der Waals surface area contributed by atoms with Crippen LogP contribution in [0.2, 0.25) is 0 Å². The predicted molar refractivity (Wildman–Crippen MR) is 242 cm³/mol. The summed E-state index contributed by atoms with van der Waals surface area (Å²) in [6.45, 7) is 20.3. The van der Waals surface area contributed by atoms with Gasteiger partial charge in [-0.1, -0.05) is 66.2 Å². The molecule has 5 amide bonds. The van der Waals surface area contributed by atoms with Crippen molar-refractivity contribution in [1.29, 1.82) is 0 Å². The molecule has 0 aromatic heterocycles. The molecule has 1 aromatic rings. The largest absolute Gasteiger partial charge is 0.393 e. The number of amides is 5. The van der Waals surface area contributed by atoms with Crippen molar-refractivity contribution in [2.45, 2.75) is 131 Å². The quantitative estimate of drug-likeness (QED) is 0.0846. The van der Waals surface area contributed by atoms with Crippen molar-refractivity contribution < 1.29 is 43.3 Å². The molecule has 4 saturated carbocycles. The van der Waals surface area contributed by atoms with Crippen molar-refractivity contribution in [3.8, 4) is 0 Å². The number of piperidine rings is 1. The van der Waals surface area contributed by atoms with Gasteiger partial charge in [-0.3, -0.25) is 34.2 Å². The van der Waals surface area contributed by atoms with Crippen LogP contribution in [0.3, 0.4) is 0 Å². The van der Waals surface area contributed by atoms with Crippen molar-refractivity contribution in [2.75, 3.05) is 58.0 Å². The molecule has 0 radical (unpaired) electrons. The first-order chi connectivity index (χ1) is 30.4. The number of ether oxygens (including phenoxy) is 3. The molecule has 7 aliphatic rings. The predicted octanol–water partition coefficient (Wildman–Crippen LogP) is 6.68. The van der Waals surface area contributed by atoms with E-state index >= 15 is 0 Å². The van der Waals surface area contributed by atoms with E-state index in [2.05, 4.69) is 70.5 Å². The molecule has 0 bridgehead atoms. The van der Waals surface area contributed by atoms with E-state index in [0.29, 0.717) is 82.1 Å². The summed E-state index contributed by atoms with van der Waals surface area (Å²) >= 11 is 0. The van der Waals surface area contributed by atoms with E-state index in [9.17, 15) is 29.1 Å². The molecule has 13 nitrogen and oxygen atoms in total. The molecule has 5 aliphatic carbocycles. The summed E-state index contributed by atoms with van der Waals surface area (Å²) in [5, 5.41) is 19.9. The minimum atomic E-state index is -1.02. The van der Waals surface area contributed by atoms with E-state index in [-0.39, 0.29) is 63.6 Å². The molecule has 4 N–H and O–H groups in total. The number of aliphatic hydroxyl groups is 1. The van der Waals surface area contributed by atoms with Crippen LogP contribution in [0, 0.1) is 56.7 Å². The highest BCUT2D eigenvalue weighted by Gasteiger charge is 2.69. The van der Waals surface area contributed by atoms with Gasteiger partial charge in [-0.25, -0.2) is 0 Å². The first-order valence-electron chi connectivity index (χ1n) is 24.4. The molecule has 13 heteroatoms. The van der Waals surface area contributed by atoms with E-state index in [1.807, 2.05) is 0 Å². The Balaban J connectivity index is 0.764. The minimum absolute atomic E-state index is 0.0484. The third-order valence-corrected chi connectivity index (χ3v) is 18.7. The third kappa shape index (κ3) is 7.65. The van der Waals surface area contributed by atoms with Gasteiger partial charge in [-0.2, -0.15) is 0 Å². The Morgan fingerprint density at radius 1 is 0.812 bits per heavy atom. The van der Waals surface area contributed by atoms with E-state index in [4.69, 9.17) is 14.2 Å². The molecule has 8 rings (SSSR count). The Morgan fingerprint density at radius 2 is 1.52 bits per heavy atom. The maximum Gasteiger partial charge on any atom is 0.264 e. The summed E-state index contributed by atoms with van der Waals surface area (Å²) in [4.78, 5) is 65.9. The van der Waals surface area contributed by atoms with Crippen LogP contribution < -0.4 is 16.0 Å². The van der Waals surface area contributed by atoms with Crippen molar-refractivity contribution >= 4 is 35.2 Å². The fourth-order valence-electron chi connectivity index (χ4n) is 14.7. The van der Waals surface area contributed by atoms with Gasteiger partial charge in [0.05, 0.1) is 62.3 Å². The summed E-state index contributed by atoms with van der Waals surface area (Å²) < 4.78 is 17.3. The second-order valence-corrected chi connectivity index (χ2v) is 21.9. The molecular formula is C51H74N4O9. The zero-order valence-electron chi connectivity index (χ0n) is 39.4. The van der Waals surface area contributed by atoms with Gasteiger partial charge in [0.2, 0.25) is 17.7 Å². The number of allylic oxidation sites excluding steroid dienone is 2. The number of nitrogens with zero attached hydrogens (tertiary/aromatic N) is 1. The Kier molecular flexibility index (Phi) is 13.1. The minimum Gasteiger partial charge on any atom is -0.393 e. The second kappa shape index (κ2) is 17.9. The lowest BCUT2D eigenvalue weighted by Gasteiger charge is -2.71. The topological polar surface area (TPSA) is 173 Å². The molecule has 1 aromatic carbocycles. The highest BCUT2D eigenvalue weighted by Crippen LogP contribution is 2.75. The Hall–Kier alpha value is -3.65. The number of carbonyl (C=O) groups excluding carboxylic acids is 5. The fraction of sp³-hybridized carbons (Fsp3) is 0.745. The molecule has 5 fully saturated rings. The Bertz CT molecular complexity index is 2040. The first kappa shape index (κ1) is 46.9. The van der Waals surface area contributed by atoms with Crippen LogP contribution in [-0.4, -0.2) is 104 Å². The normalized spacial score (nSPS) is 37.7. The van der Waals surface area contributed by atoms with Gasteiger partial charge in [0.25, 0.3) is 11.8 Å². The molecule has 2 aliphatic heterocycles. The van der Waals surface area contributed by atoms with Gasteiger partial charge >= 0.3 is 0 Å². The highest BCUT2D eigenvalue weighted by atomic mass is 16.5. The molecule has 11 atom stereocenters. The van der Waals surface area contributed by atoms with Crippen LogP contribution in [0.4, 0.5) is 5.69 Å². The number of benzene rings is 1. The van der Waals surface area contributed by atoms with Crippen LogP contribution in [0.5, 0.6) is 0 Å². The number of carbonyl (C=O) groups is 5. The zero-order valence-corrected chi connectivity index (χ0v) is 39.4. The van der Waals surface area contributed by atoms with E-state index in [1.165, 1.54) is 12.8 Å². The molecule has 0 spiro atoms. The van der Waals surface area contributed by atoms with Gasteiger partial charge in [0.15, 0.2) is 0 Å². The lowest BCUT2D eigenvalue weighted by molar-refractivity contribution is -0.204. The molecule has 1 saturated heterocycles. The number of hydrogen-bond acceptors (Lipinski definition) is 10. The molecule has 64 heavy (non-hydrogen) atoms. The van der Waals surface area contributed by atoms with Gasteiger partial charge in [-0.05, 0) is 128 Å². The third-order valence-electron chi connectivity index (χ3n) is 18.7. The average molecular weight is 887 g/mol. The number of nitrogens with one attached hydrogen (secondary N) is 3. The van der Waals surface area contributed by atoms with Crippen LogP contribution in [-0.2, 0) is 28.6 Å². The lowest BCUT2D eigenvalue weighted by atomic mass is 9.33. The summed E-state index contributed by atoms with van der Waals surface area (Å²) in [5.41, 5.74) is 2.43. The molecule has 352 valence electrons. The standard InChI is InChI=1S/C51H74N4O9/c1-31-15-20-51(22-21-49(6)34(42(51)32(31)2)11-13-38-48(5)18-17-39(56)47(3,4)37(48)16-19-50(38,49)7)46(61)53-24-26-63-28-30-64-29-27-62-25-23-52-35-10-8-9-33-41(35)45(60)55(44(33)59)36-12-14-40(57)54-43(36)58/h8-11,31-32,36-39,42,52,56H,12-30H2,1-7H3,(H,53,61)(H,54,57,58)/t31-,32+,36?,37+,38-,39?,42+,48+,49-,50-,51?/m1/s1. The fourth-order valence-corrected chi connectivity index (χ4v) is 14.7. The number of anilines is 1. The lowest BCUT2D eigenvalue weighted by Crippen LogP contribution is -2.66. The van der Waals surface area contributed by atoms with Gasteiger partial charge in [-0.15, -0.1) is 0 Å². The van der Waals surface area contributed by atoms with Gasteiger partial charge in [0.1, 0.15) is 6.04 Å². The summed E-state index contributed by atoms with van der Waals surface area (Å²) in [7, 11) is 0. The molecule has 3 unspecified atom stereocenters. The van der Waals surface area contributed by atoms with Crippen molar-refractivity contribution in [1.82, 2.24) is 15.5 Å². The van der Waals surface area contributed by atoms with E-state index in [1.54, 1.807) is 23.8 Å². The maximum atomic E-state index is 14.5. The zero-order chi connectivity index (χ0) is 45.8. The van der Waals surface area contributed by atoms with Crippen LogP contribution in [0.25, 0.3) is 0 Å². The highest BCUT2D eigenvalue weighted by molar-refractivity contribution is 6.25. The number of rotatable bonds is 15. The van der Waals surface area contributed by atoms with Gasteiger partial charge in [0, 0.05) is 25.2 Å². The number of hydrogen-bond donors (Lipinski definition) is 4. The SMILES string of the molecule is C[C@H]1[C@H](C)CCC2(C(=O)NCCOCCOCCOCCNc3cccc4c3C(=O)N(C3CCC(=O)NC3=O)C4=O)CC[C@]3(C)C(=CC[C@@H]4[C@@]5(C)CCC(O)C(C)(C)[C@@H]5CC[C@]43C)[C@H]12. The van der Waals surface area contributed by atoms with Gasteiger partial charge < -0.3 is 30.0 Å². The van der Waals surface area contributed by atoms with Crippen molar-refractivity contribution in [2.24, 2.45) is 56.7 Å². The number of imide groups is 2. The van der Waals surface area contributed by atoms with E-state index < -0.39 is 35.1 Å². The number of aliphatic hydroxyl groups excluding tert-OH is 1.